The Balaban J connectivity index is 1.58. The molecule has 0 amide bonds. The van der Waals surface area contributed by atoms with Crippen molar-refractivity contribution < 1.29 is 13.2 Å². The van der Waals surface area contributed by atoms with Crippen LogP contribution < -0.4 is 5.32 Å². The van der Waals surface area contributed by atoms with Gasteiger partial charge in [-0.15, -0.1) is 0 Å². The number of rotatable bonds is 5. The second kappa shape index (κ2) is 6.83. The minimum atomic E-state index is -3.25. The summed E-state index contributed by atoms with van der Waals surface area (Å²) < 4.78 is 31.4. The maximum Gasteiger partial charge on any atom is 0.175 e. The third-order valence-corrected chi connectivity index (χ3v) is 5.73. The molecule has 0 fully saturated rings. The largest absolute Gasteiger partial charge is 0.371 e. The summed E-state index contributed by atoms with van der Waals surface area (Å²) in [7, 11) is -3.25. The Morgan fingerprint density at radius 2 is 2.04 bits per heavy atom. The van der Waals surface area contributed by atoms with Crippen LogP contribution in [-0.4, -0.2) is 37.4 Å². The fourth-order valence-corrected chi connectivity index (χ4v) is 4.00. The number of aromatic nitrogens is 2. The first-order chi connectivity index (χ1) is 12.5. The molecular formula is C19H21N3O3S. The summed E-state index contributed by atoms with van der Waals surface area (Å²) in [6, 6.07) is 15.5. The van der Waals surface area contributed by atoms with Crippen LogP contribution in [0.1, 0.15) is 17.4 Å². The van der Waals surface area contributed by atoms with Crippen molar-refractivity contribution in [3.63, 3.8) is 0 Å². The number of hydrogen-bond donors (Lipinski definition) is 1. The maximum absolute atomic E-state index is 11.8. The van der Waals surface area contributed by atoms with Gasteiger partial charge in [0, 0.05) is 19.3 Å². The van der Waals surface area contributed by atoms with E-state index in [9.17, 15) is 8.42 Å². The topological polar surface area (TPSA) is 73.2 Å². The molecule has 136 valence electrons. The van der Waals surface area contributed by atoms with Gasteiger partial charge in [0.15, 0.2) is 9.84 Å². The first-order valence-corrected chi connectivity index (χ1v) is 10.4. The van der Waals surface area contributed by atoms with E-state index >= 15 is 0 Å². The van der Waals surface area contributed by atoms with Gasteiger partial charge < -0.3 is 14.6 Å². The van der Waals surface area contributed by atoms with Gasteiger partial charge in [0.25, 0.3) is 0 Å². The first-order valence-electron chi connectivity index (χ1n) is 8.56. The third kappa shape index (κ3) is 3.38. The summed E-state index contributed by atoms with van der Waals surface area (Å²) in [5, 5.41) is 3.48. The van der Waals surface area contributed by atoms with Gasteiger partial charge in [-0.2, -0.15) is 0 Å². The van der Waals surface area contributed by atoms with E-state index < -0.39 is 9.84 Å². The molecule has 1 unspecified atom stereocenters. The van der Waals surface area contributed by atoms with Crippen LogP contribution in [0.3, 0.4) is 0 Å². The van der Waals surface area contributed by atoms with Crippen LogP contribution >= 0.6 is 0 Å². The van der Waals surface area contributed by atoms with E-state index in [0.29, 0.717) is 23.6 Å². The van der Waals surface area contributed by atoms with Crippen molar-refractivity contribution in [3.05, 3.63) is 59.9 Å². The lowest BCUT2D eigenvalue weighted by atomic mass is 10.2. The van der Waals surface area contributed by atoms with Gasteiger partial charge in [0.05, 0.1) is 28.6 Å². The van der Waals surface area contributed by atoms with Crippen LogP contribution in [0, 0.1) is 0 Å². The van der Waals surface area contributed by atoms with Gasteiger partial charge in [-0.1, -0.05) is 30.3 Å². The Kier molecular flexibility index (Phi) is 4.52. The Labute approximate surface area is 152 Å². The molecule has 6 nitrogen and oxygen atoms in total. The number of nitrogens with one attached hydrogen (secondary N) is 1. The zero-order chi connectivity index (χ0) is 18.1. The molecule has 3 aromatic rings. The van der Waals surface area contributed by atoms with Crippen LogP contribution in [0.2, 0.25) is 0 Å². The number of sulfone groups is 1. The normalized spacial score (nSPS) is 17.3. The van der Waals surface area contributed by atoms with Crippen LogP contribution in [0.5, 0.6) is 0 Å². The van der Waals surface area contributed by atoms with Crippen molar-refractivity contribution in [3.8, 4) is 0 Å². The summed E-state index contributed by atoms with van der Waals surface area (Å²) in [6.07, 6.45) is 1.21. The summed E-state index contributed by atoms with van der Waals surface area (Å²) in [4.78, 5) is 4.88. The van der Waals surface area contributed by atoms with E-state index in [1.165, 1.54) is 11.8 Å². The number of ether oxygens (including phenoxy) is 1. The standard InChI is InChI=1S/C19H21N3O3S/c1-26(23,24)16-7-8-18-17(9-16)21-19-13-25-12-15(22(18)19)11-20-10-14-5-3-2-4-6-14/h2-9,15,20H,10-13H2,1H3. The van der Waals surface area contributed by atoms with Crippen LogP contribution in [0.4, 0.5) is 0 Å². The molecule has 2 heterocycles. The summed E-state index contributed by atoms with van der Waals surface area (Å²) in [5.41, 5.74) is 2.88. The minimum absolute atomic E-state index is 0.122. The van der Waals surface area contributed by atoms with E-state index in [-0.39, 0.29) is 6.04 Å². The molecule has 0 saturated heterocycles. The lowest BCUT2D eigenvalue weighted by molar-refractivity contribution is 0.0564. The molecule has 1 atom stereocenters. The lowest BCUT2D eigenvalue weighted by Crippen LogP contribution is -2.32. The minimum Gasteiger partial charge on any atom is -0.371 e. The molecule has 0 radical (unpaired) electrons. The molecule has 1 aromatic heterocycles. The van der Waals surface area contributed by atoms with Crippen molar-refractivity contribution >= 4 is 20.9 Å². The molecule has 2 aromatic carbocycles. The molecule has 0 spiro atoms. The van der Waals surface area contributed by atoms with Gasteiger partial charge in [0.1, 0.15) is 12.4 Å². The van der Waals surface area contributed by atoms with E-state index in [1.54, 1.807) is 12.1 Å². The zero-order valence-corrected chi connectivity index (χ0v) is 15.4. The Morgan fingerprint density at radius 1 is 1.23 bits per heavy atom. The Bertz CT molecular complexity index is 1030. The van der Waals surface area contributed by atoms with Crippen molar-refractivity contribution in [1.29, 1.82) is 0 Å². The molecule has 0 bridgehead atoms. The highest BCUT2D eigenvalue weighted by molar-refractivity contribution is 7.90. The fraction of sp³-hybridized carbons (Fsp3) is 0.316. The molecular weight excluding hydrogens is 350 g/mol. The average Bonchev–Trinajstić information content (AvgIpc) is 3.00. The van der Waals surface area contributed by atoms with Gasteiger partial charge in [-0.05, 0) is 23.8 Å². The molecule has 4 rings (SSSR count). The SMILES string of the molecule is CS(=O)(=O)c1ccc2c(c1)nc1n2C(CNCc2ccccc2)COC1. The average molecular weight is 371 g/mol. The first kappa shape index (κ1) is 17.2. The highest BCUT2D eigenvalue weighted by atomic mass is 32.2. The van der Waals surface area contributed by atoms with Gasteiger partial charge in [-0.3, -0.25) is 0 Å². The van der Waals surface area contributed by atoms with Gasteiger partial charge >= 0.3 is 0 Å². The highest BCUT2D eigenvalue weighted by Crippen LogP contribution is 2.27. The molecule has 0 saturated carbocycles. The van der Waals surface area contributed by atoms with Crippen molar-refractivity contribution in [2.75, 3.05) is 19.4 Å². The number of hydrogen-bond acceptors (Lipinski definition) is 5. The lowest BCUT2D eigenvalue weighted by Gasteiger charge is -2.26. The van der Waals surface area contributed by atoms with E-state index in [1.807, 2.05) is 24.3 Å². The molecule has 26 heavy (non-hydrogen) atoms. The van der Waals surface area contributed by atoms with Crippen molar-refractivity contribution in [2.45, 2.75) is 24.1 Å². The van der Waals surface area contributed by atoms with Crippen molar-refractivity contribution in [1.82, 2.24) is 14.9 Å². The van der Waals surface area contributed by atoms with Crippen LogP contribution in [0.25, 0.3) is 11.0 Å². The van der Waals surface area contributed by atoms with Gasteiger partial charge in [-0.25, -0.2) is 13.4 Å². The summed E-state index contributed by atoms with van der Waals surface area (Å²) >= 11 is 0. The Morgan fingerprint density at radius 3 is 2.81 bits per heavy atom. The number of benzene rings is 2. The molecule has 1 aliphatic heterocycles. The van der Waals surface area contributed by atoms with E-state index in [2.05, 4.69) is 27.0 Å². The summed E-state index contributed by atoms with van der Waals surface area (Å²) in [6.45, 7) is 2.59. The maximum atomic E-state index is 11.8. The Hall–Kier alpha value is -2.22. The number of imidazole rings is 1. The second-order valence-corrected chi connectivity index (χ2v) is 8.62. The molecule has 1 N–H and O–H groups in total. The predicted octanol–water partition coefficient (Wildman–Crippen LogP) is 2.30. The van der Waals surface area contributed by atoms with E-state index in [0.717, 1.165) is 24.4 Å². The highest BCUT2D eigenvalue weighted by Gasteiger charge is 2.24. The molecule has 7 heteroatoms. The quantitative estimate of drug-likeness (QED) is 0.745. The fourth-order valence-electron chi connectivity index (χ4n) is 3.36. The molecule has 1 aliphatic rings. The molecule has 0 aliphatic carbocycles. The predicted molar refractivity (Wildman–Crippen MR) is 99.7 cm³/mol. The van der Waals surface area contributed by atoms with Crippen molar-refractivity contribution in [2.24, 2.45) is 0 Å². The second-order valence-electron chi connectivity index (χ2n) is 6.61. The number of fused-ring (bicyclic) bond motifs is 3. The van der Waals surface area contributed by atoms with Crippen LogP contribution in [0.15, 0.2) is 53.4 Å². The number of nitrogens with zero attached hydrogens (tertiary/aromatic N) is 2. The van der Waals surface area contributed by atoms with Gasteiger partial charge in [0.2, 0.25) is 0 Å². The van der Waals surface area contributed by atoms with Crippen LogP contribution in [-0.2, 0) is 27.7 Å². The zero-order valence-electron chi connectivity index (χ0n) is 14.6. The van der Waals surface area contributed by atoms with E-state index in [4.69, 9.17) is 4.74 Å². The monoisotopic (exact) mass is 371 g/mol. The smallest absolute Gasteiger partial charge is 0.175 e. The summed E-state index contributed by atoms with van der Waals surface area (Å²) in [5.74, 6) is 0.836. The third-order valence-electron chi connectivity index (χ3n) is 4.62.